The molecule has 0 atom stereocenters. The summed E-state index contributed by atoms with van der Waals surface area (Å²) in [5, 5.41) is 0. The molecule has 0 aliphatic rings. The van der Waals surface area contributed by atoms with Crippen molar-refractivity contribution in [1.29, 1.82) is 0 Å². The number of carbonyl (C=O) groups is 1. The molecule has 0 heterocycles. The van der Waals surface area contributed by atoms with Crippen LogP contribution < -0.4 is 0 Å². The fraction of sp³-hybridized carbons (Fsp3) is 0.462. The van der Waals surface area contributed by atoms with E-state index in [9.17, 15) is 13.2 Å². The topological polar surface area (TPSA) is 60.4 Å². The van der Waals surface area contributed by atoms with E-state index >= 15 is 0 Å². The second-order valence-corrected chi connectivity index (χ2v) is 7.38. The lowest BCUT2D eigenvalue weighted by Crippen LogP contribution is -2.11. The molecule has 0 aromatic heterocycles. The molecule has 106 valence electrons. The highest BCUT2D eigenvalue weighted by Gasteiger charge is 2.19. The molecule has 0 saturated carbocycles. The molecule has 0 unspecified atom stereocenters. The Hall–Kier alpha value is -1.07. The molecule has 0 spiro atoms. The molecule has 6 heteroatoms. The first-order chi connectivity index (χ1) is 8.62. The number of rotatable bonds is 4. The second kappa shape index (κ2) is 5.92. The SMILES string of the molecule is Cc1cc(C(=O)OCC(C)C)cc(S(=O)(=O)Cl)c1C. The van der Waals surface area contributed by atoms with Crippen molar-refractivity contribution in [3.63, 3.8) is 0 Å². The van der Waals surface area contributed by atoms with Gasteiger partial charge in [-0.1, -0.05) is 13.8 Å². The van der Waals surface area contributed by atoms with Gasteiger partial charge in [-0.25, -0.2) is 13.2 Å². The Morgan fingerprint density at radius 3 is 2.37 bits per heavy atom. The van der Waals surface area contributed by atoms with Crippen LogP contribution >= 0.6 is 10.7 Å². The van der Waals surface area contributed by atoms with Gasteiger partial charge in [-0.05, 0) is 43.0 Å². The number of benzene rings is 1. The minimum Gasteiger partial charge on any atom is -0.462 e. The van der Waals surface area contributed by atoms with Crippen LogP contribution in [-0.2, 0) is 13.8 Å². The van der Waals surface area contributed by atoms with Gasteiger partial charge in [0.05, 0.1) is 17.1 Å². The van der Waals surface area contributed by atoms with Gasteiger partial charge in [0, 0.05) is 10.7 Å². The molecule has 0 aliphatic carbocycles. The van der Waals surface area contributed by atoms with Gasteiger partial charge in [-0.2, -0.15) is 0 Å². The van der Waals surface area contributed by atoms with Gasteiger partial charge in [0.2, 0.25) is 0 Å². The molecule has 0 fully saturated rings. The molecule has 0 aliphatic heterocycles. The zero-order chi connectivity index (χ0) is 14.8. The van der Waals surface area contributed by atoms with E-state index in [-0.39, 0.29) is 23.0 Å². The summed E-state index contributed by atoms with van der Waals surface area (Å²) in [6.45, 7) is 7.49. The summed E-state index contributed by atoms with van der Waals surface area (Å²) in [6, 6.07) is 2.86. The van der Waals surface area contributed by atoms with Gasteiger partial charge < -0.3 is 4.74 Å². The van der Waals surface area contributed by atoms with Gasteiger partial charge in [0.1, 0.15) is 0 Å². The Morgan fingerprint density at radius 1 is 1.32 bits per heavy atom. The van der Waals surface area contributed by atoms with Gasteiger partial charge in [0.25, 0.3) is 9.05 Å². The van der Waals surface area contributed by atoms with E-state index in [0.29, 0.717) is 11.1 Å². The van der Waals surface area contributed by atoms with Gasteiger partial charge in [0.15, 0.2) is 0 Å². The van der Waals surface area contributed by atoms with E-state index in [2.05, 4.69) is 0 Å². The number of ether oxygens (including phenoxy) is 1. The van der Waals surface area contributed by atoms with E-state index in [1.807, 2.05) is 13.8 Å². The highest BCUT2D eigenvalue weighted by Crippen LogP contribution is 2.24. The largest absolute Gasteiger partial charge is 0.462 e. The maximum absolute atomic E-state index is 11.8. The smallest absolute Gasteiger partial charge is 0.338 e. The van der Waals surface area contributed by atoms with E-state index in [4.69, 9.17) is 15.4 Å². The lowest BCUT2D eigenvalue weighted by molar-refractivity contribution is 0.0458. The first kappa shape index (κ1) is 16.0. The van der Waals surface area contributed by atoms with Gasteiger partial charge in [-0.15, -0.1) is 0 Å². The average molecular weight is 305 g/mol. The average Bonchev–Trinajstić information content (AvgIpc) is 2.27. The van der Waals surface area contributed by atoms with Crippen molar-refractivity contribution in [2.24, 2.45) is 5.92 Å². The fourth-order valence-corrected chi connectivity index (χ4v) is 2.80. The third-order valence-electron chi connectivity index (χ3n) is 2.67. The molecule has 1 aromatic carbocycles. The molecule has 0 bridgehead atoms. The number of esters is 1. The highest BCUT2D eigenvalue weighted by atomic mass is 35.7. The molecule has 0 radical (unpaired) electrons. The van der Waals surface area contributed by atoms with Crippen molar-refractivity contribution < 1.29 is 17.9 Å². The van der Waals surface area contributed by atoms with Crippen LogP contribution in [0.5, 0.6) is 0 Å². The van der Waals surface area contributed by atoms with Crippen molar-refractivity contribution in [2.45, 2.75) is 32.6 Å². The minimum absolute atomic E-state index is 0.0503. The maximum Gasteiger partial charge on any atom is 0.338 e. The van der Waals surface area contributed by atoms with E-state index < -0.39 is 15.0 Å². The normalized spacial score (nSPS) is 11.7. The molecule has 0 amide bonds. The Balaban J connectivity index is 3.18. The van der Waals surface area contributed by atoms with E-state index in [1.54, 1.807) is 19.9 Å². The zero-order valence-electron chi connectivity index (χ0n) is 11.4. The van der Waals surface area contributed by atoms with Crippen LogP contribution in [0.2, 0.25) is 0 Å². The summed E-state index contributed by atoms with van der Waals surface area (Å²) in [7, 11) is 1.48. The second-order valence-electron chi connectivity index (χ2n) is 4.85. The van der Waals surface area contributed by atoms with Crippen molar-refractivity contribution in [3.8, 4) is 0 Å². The molecule has 1 rings (SSSR count). The van der Waals surface area contributed by atoms with Crippen molar-refractivity contribution in [1.82, 2.24) is 0 Å². The third-order valence-corrected chi connectivity index (χ3v) is 4.11. The summed E-state index contributed by atoms with van der Waals surface area (Å²) < 4.78 is 28.0. The van der Waals surface area contributed by atoms with Gasteiger partial charge >= 0.3 is 5.97 Å². The molecule has 0 N–H and O–H groups in total. The quantitative estimate of drug-likeness (QED) is 0.633. The Labute approximate surface area is 118 Å². The van der Waals surface area contributed by atoms with Crippen LogP contribution in [-0.4, -0.2) is 21.0 Å². The number of hydrogen-bond donors (Lipinski definition) is 0. The molecule has 4 nitrogen and oxygen atoms in total. The lowest BCUT2D eigenvalue weighted by atomic mass is 10.1. The maximum atomic E-state index is 11.8. The van der Waals surface area contributed by atoms with Crippen LogP contribution in [0.4, 0.5) is 0 Å². The molecular weight excluding hydrogens is 288 g/mol. The summed E-state index contributed by atoms with van der Waals surface area (Å²) in [5.74, 6) is -0.329. The minimum atomic E-state index is -3.88. The Kier molecular flexibility index (Phi) is 4.98. The summed E-state index contributed by atoms with van der Waals surface area (Å²) >= 11 is 0. The summed E-state index contributed by atoms with van der Waals surface area (Å²) in [6.07, 6.45) is 0. The Morgan fingerprint density at radius 2 is 1.89 bits per heavy atom. The number of halogens is 1. The summed E-state index contributed by atoms with van der Waals surface area (Å²) in [4.78, 5) is 11.8. The molecule has 19 heavy (non-hydrogen) atoms. The number of hydrogen-bond acceptors (Lipinski definition) is 4. The van der Waals surface area contributed by atoms with E-state index in [1.165, 1.54) is 6.07 Å². The van der Waals surface area contributed by atoms with Crippen LogP contribution in [0.1, 0.15) is 35.3 Å². The predicted octanol–water partition coefficient (Wildman–Crippen LogP) is 3.04. The highest BCUT2D eigenvalue weighted by molar-refractivity contribution is 8.13. The van der Waals surface area contributed by atoms with Crippen molar-refractivity contribution in [2.75, 3.05) is 6.61 Å². The summed E-state index contributed by atoms with van der Waals surface area (Å²) in [5.41, 5.74) is 1.41. The van der Waals surface area contributed by atoms with E-state index in [0.717, 1.165) is 0 Å². The van der Waals surface area contributed by atoms with Crippen LogP contribution in [0, 0.1) is 19.8 Å². The first-order valence-electron chi connectivity index (χ1n) is 5.86. The third kappa shape index (κ3) is 4.21. The number of aryl methyl sites for hydroxylation is 1. The van der Waals surface area contributed by atoms with Crippen LogP contribution in [0.25, 0.3) is 0 Å². The van der Waals surface area contributed by atoms with Gasteiger partial charge in [-0.3, -0.25) is 0 Å². The molecule has 1 aromatic rings. The van der Waals surface area contributed by atoms with Crippen LogP contribution in [0.15, 0.2) is 17.0 Å². The zero-order valence-corrected chi connectivity index (χ0v) is 12.9. The monoisotopic (exact) mass is 304 g/mol. The predicted molar refractivity (Wildman–Crippen MR) is 74.1 cm³/mol. The standard InChI is InChI=1S/C13H17ClO4S/c1-8(2)7-18-13(15)11-5-9(3)10(4)12(6-11)19(14,16)17/h5-6,8H,7H2,1-4H3. The molecule has 0 saturated heterocycles. The first-order valence-corrected chi connectivity index (χ1v) is 8.17. The number of carbonyl (C=O) groups excluding carboxylic acids is 1. The fourth-order valence-electron chi connectivity index (χ4n) is 1.52. The van der Waals surface area contributed by atoms with Crippen molar-refractivity contribution in [3.05, 3.63) is 28.8 Å². The Bertz CT molecular complexity index is 591. The van der Waals surface area contributed by atoms with Crippen LogP contribution in [0.3, 0.4) is 0 Å². The molecular formula is C13H17ClO4S. The van der Waals surface area contributed by atoms with Crippen molar-refractivity contribution >= 4 is 25.7 Å². The lowest BCUT2D eigenvalue weighted by Gasteiger charge is -2.11.